The Bertz CT molecular complexity index is 1070. The number of benzene rings is 1. The first-order chi connectivity index (χ1) is 13.4. The van der Waals surface area contributed by atoms with Gasteiger partial charge in [0.25, 0.3) is 0 Å². The normalized spacial score (nSPS) is 17.7. The van der Waals surface area contributed by atoms with Gasteiger partial charge in [-0.2, -0.15) is 0 Å². The monoisotopic (exact) mass is 371 g/mol. The van der Waals surface area contributed by atoms with Crippen LogP contribution in [0.3, 0.4) is 0 Å². The number of nitrogens with zero attached hydrogens (tertiary/aromatic N) is 5. The number of anilines is 2. The largest absolute Gasteiger partial charge is 0.273 e. The summed E-state index contributed by atoms with van der Waals surface area (Å²) < 4.78 is 0. The Morgan fingerprint density at radius 2 is 1.71 bits per heavy atom. The van der Waals surface area contributed by atoms with Gasteiger partial charge in [0.2, 0.25) is 5.91 Å². The van der Waals surface area contributed by atoms with Crippen LogP contribution in [0.4, 0.5) is 11.5 Å². The van der Waals surface area contributed by atoms with Crippen molar-refractivity contribution in [2.75, 3.05) is 4.90 Å². The molecule has 0 atom stereocenters. The van der Waals surface area contributed by atoms with E-state index in [-0.39, 0.29) is 5.91 Å². The summed E-state index contributed by atoms with van der Waals surface area (Å²) in [5.41, 5.74) is 4.12. The molecule has 0 radical (unpaired) electrons. The average Bonchev–Trinajstić information content (AvgIpc) is 3.52. The smallest absolute Gasteiger partial charge is 0.242 e. The molecule has 1 fully saturated rings. The highest BCUT2D eigenvalue weighted by Gasteiger charge is 2.45. The summed E-state index contributed by atoms with van der Waals surface area (Å²) in [7, 11) is 0. The van der Waals surface area contributed by atoms with Crippen LogP contribution in [0.2, 0.25) is 0 Å². The maximum atomic E-state index is 13.2. The fraction of sp³-hybridized carbons (Fsp3) is 0.318. The van der Waals surface area contributed by atoms with E-state index in [1.807, 2.05) is 45.2 Å². The summed E-state index contributed by atoms with van der Waals surface area (Å²) in [6.45, 7) is 5.77. The molecule has 6 heteroatoms. The Morgan fingerprint density at radius 1 is 0.964 bits per heavy atom. The molecule has 2 aromatic heterocycles. The molecule has 140 valence electrons. The molecule has 0 spiro atoms. The number of amides is 1. The molecule has 3 heterocycles. The second kappa shape index (κ2) is 5.92. The van der Waals surface area contributed by atoms with Crippen LogP contribution in [-0.2, 0) is 10.2 Å². The number of carbonyl (C=O) groups excluding carboxylic acids is 1. The number of aromatic nitrogens is 4. The quantitative estimate of drug-likeness (QED) is 0.694. The molecule has 0 bridgehead atoms. The standard InChI is InChI=1S/C22H21N5O/c1-13-23-9-16(10-24-13)15-6-7-17-19(8-15)27(21(28)22(17,2)3)20-12-25-18(11-26-20)14-4-5-14/h6-12,14H,4-5H2,1-3H3. The van der Waals surface area contributed by atoms with Crippen molar-refractivity contribution in [3.63, 3.8) is 0 Å². The van der Waals surface area contributed by atoms with Crippen molar-refractivity contribution in [1.82, 2.24) is 19.9 Å². The van der Waals surface area contributed by atoms with E-state index in [4.69, 9.17) is 0 Å². The molecule has 1 saturated carbocycles. The van der Waals surface area contributed by atoms with Crippen LogP contribution >= 0.6 is 0 Å². The first kappa shape index (κ1) is 17.0. The molecule has 0 unspecified atom stereocenters. The lowest BCUT2D eigenvalue weighted by Crippen LogP contribution is -2.33. The van der Waals surface area contributed by atoms with Gasteiger partial charge in [0.15, 0.2) is 5.82 Å². The number of fused-ring (bicyclic) bond motifs is 1. The maximum absolute atomic E-state index is 13.2. The highest BCUT2D eigenvalue weighted by atomic mass is 16.2. The van der Waals surface area contributed by atoms with E-state index in [0.29, 0.717) is 11.7 Å². The topological polar surface area (TPSA) is 71.9 Å². The van der Waals surface area contributed by atoms with Crippen molar-refractivity contribution < 1.29 is 4.79 Å². The SMILES string of the molecule is Cc1ncc(-c2ccc3c(c2)N(c2cnc(C4CC4)cn2)C(=O)C3(C)C)cn1. The molecule has 1 amide bonds. The number of hydrogen-bond acceptors (Lipinski definition) is 5. The predicted octanol–water partition coefficient (Wildman–Crippen LogP) is 4.08. The lowest BCUT2D eigenvalue weighted by molar-refractivity contribution is -0.121. The summed E-state index contributed by atoms with van der Waals surface area (Å²) in [5, 5.41) is 0. The average molecular weight is 371 g/mol. The van der Waals surface area contributed by atoms with Crippen molar-refractivity contribution in [2.24, 2.45) is 0 Å². The Morgan fingerprint density at radius 3 is 2.36 bits per heavy atom. The third kappa shape index (κ3) is 2.59. The first-order valence-corrected chi connectivity index (χ1v) is 9.55. The molecule has 5 rings (SSSR count). The highest BCUT2D eigenvalue weighted by Crippen LogP contribution is 2.46. The van der Waals surface area contributed by atoms with E-state index in [1.54, 1.807) is 23.5 Å². The van der Waals surface area contributed by atoms with Crippen molar-refractivity contribution >= 4 is 17.4 Å². The summed E-state index contributed by atoms with van der Waals surface area (Å²) >= 11 is 0. The van der Waals surface area contributed by atoms with Crippen LogP contribution in [0.25, 0.3) is 11.1 Å². The third-order valence-electron chi connectivity index (χ3n) is 5.65. The Kier molecular flexibility index (Phi) is 3.59. The Labute approximate surface area is 163 Å². The first-order valence-electron chi connectivity index (χ1n) is 9.55. The fourth-order valence-electron chi connectivity index (χ4n) is 3.73. The van der Waals surface area contributed by atoms with Gasteiger partial charge in [-0.1, -0.05) is 12.1 Å². The van der Waals surface area contributed by atoms with Gasteiger partial charge in [-0.05, 0) is 50.8 Å². The minimum absolute atomic E-state index is 0.00766. The maximum Gasteiger partial charge on any atom is 0.242 e. The summed E-state index contributed by atoms with van der Waals surface area (Å²) in [6, 6.07) is 6.06. The van der Waals surface area contributed by atoms with Gasteiger partial charge < -0.3 is 0 Å². The van der Waals surface area contributed by atoms with Gasteiger partial charge in [0.05, 0.1) is 29.2 Å². The van der Waals surface area contributed by atoms with E-state index >= 15 is 0 Å². The molecule has 1 aromatic carbocycles. The van der Waals surface area contributed by atoms with Crippen LogP contribution in [-0.4, -0.2) is 25.8 Å². The number of carbonyl (C=O) groups is 1. The zero-order chi connectivity index (χ0) is 19.5. The van der Waals surface area contributed by atoms with Crippen LogP contribution in [0.5, 0.6) is 0 Å². The van der Waals surface area contributed by atoms with Crippen LogP contribution in [0.1, 0.15) is 49.7 Å². The second-order valence-corrected chi connectivity index (χ2v) is 8.09. The van der Waals surface area contributed by atoms with Crippen molar-refractivity contribution in [3.05, 3.63) is 60.1 Å². The fourth-order valence-corrected chi connectivity index (χ4v) is 3.73. The van der Waals surface area contributed by atoms with Gasteiger partial charge in [0.1, 0.15) is 5.82 Å². The number of hydrogen-bond donors (Lipinski definition) is 0. The lowest BCUT2D eigenvalue weighted by atomic mass is 9.85. The molecule has 1 aliphatic carbocycles. The van der Waals surface area contributed by atoms with Gasteiger partial charge in [-0.3, -0.25) is 14.7 Å². The molecule has 0 N–H and O–H groups in total. The molecular weight excluding hydrogens is 350 g/mol. The van der Waals surface area contributed by atoms with E-state index in [2.05, 4.69) is 19.9 Å². The van der Waals surface area contributed by atoms with Crippen LogP contribution in [0, 0.1) is 6.92 Å². The van der Waals surface area contributed by atoms with Gasteiger partial charge in [-0.25, -0.2) is 15.0 Å². The molecule has 3 aromatic rings. The number of aryl methyl sites for hydroxylation is 1. The van der Waals surface area contributed by atoms with Gasteiger partial charge in [0, 0.05) is 23.9 Å². The van der Waals surface area contributed by atoms with E-state index < -0.39 is 5.41 Å². The molecule has 0 saturated heterocycles. The predicted molar refractivity (Wildman–Crippen MR) is 106 cm³/mol. The molecule has 28 heavy (non-hydrogen) atoms. The minimum atomic E-state index is -0.617. The minimum Gasteiger partial charge on any atom is -0.273 e. The van der Waals surface area contributed by atoms with Gasteiger partial charge >= 0.3 is 0 Å². The third-order valence-corrected chi connectivity index (χ3v) is 5.65. The molecule has 6 nitrogen and oxygen atoms in total. The zero-order valence-corrected chi connectivity index (χ0v) is 16.2. The summed E-state index contributed by atoms with van der Waals surface area (Å²) in [5.74, 6) is 1.84. The van der Waals surface area contributed by atoms with Crippen LogP contribution < -0.4 is 4.90 Å². The highest BCUT2D eigenvalue weighted by molar-refractivity contribution is 6.12. The molecule has 1 aliphatic heterocycles. The van der Waals surface area contributed by atoms with Crippen molar-refractivity contribution in [2.45, 2.75) is 44.9 Å². The van der Waals surface area contributed by atoms with Gasteiger partial charge in [-0.15, -0.1) is 0 Å². The van der Waals surface area contributed by atoms with E-state index in [9.17, 15) is 4.79 Å². The number of rotatable bonds is 3. The van der Waals surface area contributed by atoms with Crippen LogP contribution in [0.15, 0.2) is 43.0 Å². The van der Waals surface area contributed by atoms with Crippen molar-refractivity contribution in [3.8, 4) is 11.1 Å². The molecule has 2 aliphatic rings. The van der Waals surface area contributed by atoms with Crippen molar-refractivity contribution in [1.29, 1.82) is 0 Å². The summed E-state index contributed by atoms with van der Waals surface area (Å²) in [6.07, 6.45) is 9.49. The van der Waals surface area contributed by atoms with E-state index in [0.717, 1.165) is 33.9 Å². The molecular formula is C22H21N5O. The zero-order valence-electron chi connectivity index (χ0n) is 16.2. The summed E-state index contributed by atoms with van der Waals surface area (Å²) in [4.78, 5) is 32.6. The van der Waals surface area contributed by atoms with E-state index in [1.165, 1.54) is 12.8 Å². The Hall–Kier alpha value is -3.15. The Balaban J connectivity index is 1.60. The second-order valence-electron chi connectivity index (χ2n) is 8.09. The lowest BCUT2D eigenvalue weighted by Gasteiger charge is -2.19.